The highest BCUT2D eigenvalue weighted by Gasteiger charge is 2.35. The standard InChI is InChI=1S/C20H17FN4O3/c1-12(26)22-15-6-4-5-13(9-15)20-23-19(24-28-20)14-10-18(27)25(11-14)17-8-3-2-7-16(17)21/h2-9,14H,10-11H2,1H3,(H,22,26). The maximum absolute atomic E-state index is 14.0. The summed E-state index contributed by atoms with van der Waals surface area (Å²) < 4.78 is 19.4. The van der Waals surface area contributed by atoms with Gasteiger partial charge in [-0.2, -0.15) is 4.98 Å². The lowest BCUT2D eigenvalue weighted by Gasteiger charge is -2.16. The van der Waals surface area contributed by atoms with Gasteiger partial charge in [0.15, 0.2) is 5.82 Å². The molecule has 0 radical (unpaired) electrons. The van der Waals surface area contributed by atoms with Crippen LogP contribution in [0.5, 0.6) is 0 Å². The van der Waals surface area contributed by atoms with Gasteiger partial charge in [-0.05, 0) is 30.3 Å². The topological polar surface area (TPSA) is 88.3 Å². The summed E-state index contributed by atoms with van der Waals surface area (Å²) >= 11 is 0. The van der Waals surface area contributed by atoms with Crippen molar-refractivity contribution in [1.82, 2.24) is 10.1 Å². The zero-order valence-corrected chi connectivity index (χ0v) is 15.1. The number of aromatic nitrogens is 2. The van der Waals surface area contributed by atoms with Gasteiger partial charge in [-0.25, -0.2) is 4.39 Å². The number of nitrogens with zero attached hydrogens (tertiary/aromatic N) is 3. The first-order valence-corrected chi connectivity index (χ1v) is 8.78. The van der Waals surface area contributed by atoms with Crippen molar-refractivity contribution in [3.8, 4) is 11.5 Å². The quantitative estimate of drug-likeness (QED) is 0.750. The minimum atomic E-state index is -0.444. The van der Waals surface area contributed by atoms with Crippen LogP contribution < -0.4 is 10.2 Å². The van der Waals surface area contributed by atoms with Crippen LogP contribution >= 0.6 is 0 Å². The zero-order chi connectivity index (χ0) is 19.7. The van der Waals surface area contributed by atoms with Crippen molar-refractivity contribution >= 4 is 23.2 Å². The fourth-order valence-corrected chi connectivity index (χ4v) is 3.24. The molecule has 7 nitrogen and oxygen atoms in total. The van der Waals surface area contributed by atoms with Gasteiger partial charge in [0.2, 0.25) is 11.8 Å². The van der Waals surface area contributed by atoms with Gasteiger partial charge in [0.25, 0.3) is 5.89 Å². The fourth-order valence-electron chi connectivity index (χ4n) is 3.24. The number of amides is 2. The predicted molar refractivity (Wildman–Crippen MR) is 100 cm³/mol. The highest BCUT2D eigenvalue weighted by Crippen LogP contribution is 2.32. The smallest absolute Gasteiger partial charge is 0.258 e. The summed E-state index contributed by atoms with van der Waals surface area (Å²) in [6, 6.07) is 13.2. The number of halogens is 1. The molecule has 8 heteroatoms. The average Bonchev–Trinajstić information content (AvgIpc) is 3.29. The van der Waals surface area contributed by atoms with E-state index in [0.29, 0.717) is 23.0 Å². The molecule has 1 aliphatic heterocycles. The molecule has 28 heavy (non-hydrogen) atoms. The number of para-hydroxylation sites is 1. The number of carbonyl (C=O) groups excluding carboxylic acids is 2. The van der Waals surface area contributed by atoms with E-state index in [2.05, 4.69) is 15.5 Å². The lowest BCUT2D eigenvalue weighted by atomic mass is 10.1. The van der Waals surface area contributed by atoms with Crippen LogP contribution in [0.25, 0.3) is 11.5 Å². The van der Waals surface area contributed by atoms with E-state index >= 15 is 0 Å². The van der Waals surface area contributed by atoms with Gasteiger partial charge in [-0.1, -0.05) is 23.4 Å². The molecule has 1 saturated heterocycles. The molecule has 0 bridgehead atoms. The summed E-state index contributed by atoms with van der Waals surface area (Å²) in [5.41, 5.74) is 1.52. The Bertz CT molecular complexity index is 1050. The highest BCUT2D eigenvalue weighted by molar-refractivity contribution is 5.96. The molecule has 2 heterocycles. The Balaban J connectivity index is 1.55. The van der Waals surface area contributed by atoms with E-state index in [0.717, 1.165) is 0 Å². The van der Waals surface area contributed by atoms with Crippen LogP contribution in [0.15, 0.2) is 53.1 Å². The van der Waals surface area contributed by atoms with Crippen molar-refractivity contribution in [2.75, 3.05) is 16.8 Å². The number of rotatable bonds is 4. The van der Waals surface area contributed by atoms with Gasteiger partial charge in [-0.15, -0.1) is 0 Å². The van der Waals surface area contributed by atoms with Crippen LogP contribution in [0.1, 0.15) is 25.1 Å². The van der Waals surface area contributed by atoms with E-state index in [1.54, 1.807) is 42.5 Å². The third-order valence-corrected chi connectivity index (χ3v) is 4.51. The Kier molecular flexibility index (Phi) is 4.60. The Hall–Kier alpha value is -3.55. The molecule has 0 spiro atoms. The number of nitrogens with one attached hydrogen (secondary N) is 1. The van der Waals surface area contributed by atoms with Gasteiger partial charge in [0.05, 0.1) is 5.69 Å². The van der Waals surface area contributed by atoms with Crippen molar-refractivity contribution in [2.24, 2.45) is 0 Å². The molecule has 1 aromatic heterocycles. The first-order valence-electron chi connectivity index (χ1n) is 8.78. The molecule has 1 fully saturated rings. The maximum Gasteiger partial charge on any atom is 0.258 e. The van der Waals surface area contributed by atoms with Gasteiger partial charge in [0, 0.05) is 37.1 Å². The summed E-state index contributed by atoms with van der Waals surface area (Å²) in [7, 11) is 0. The summed E-state index contributed by atoms with van der Waals surface area (Å²) in [6.07, 6.45) is 0.180. The molecule has 2 amide bonds. The number of hydrogen-bond donors (Lipinski definition) is 1. The second-order valence-corrected chi connectivity index (χ2v) is 6.58. The van der Waals surface area contributed by atoms with E-state index in [1.165, 1.54) is 17.9 Å². The van der Waals surface area contributed by atoms with Gasteiger partial charge in [-0.3, -0.25) is 9.59 Å². The monoisotopic (exact) mass is 380 g/mol. The van der Waals surface area contributed by atoms with Crippen LogP contribution in [0.3, 0.4) is 0 Å². The number of hydrogen-bond acceptors (Lipinski definition) is 5. The second-order valence-electron chi connectivity index (χ2n) is 6.58. The molecule has 1 unspecified atom stereocenters. The SMILES string of the molecule is CC(=O)Nc1cccc(-c2nc(C3CC(=O)N(c4ccccc4F)C3)no2)c1. The lowest BCUT2D eigenvalue weighted by molar-refractivity contribution is -0.117. The Morgan fingerprint density at radius 3 is 2.86 bits per heavy atom. The van der Waals surface area contributed by atoms with Gasteiger partial charge < -0.3 is 14.7 Å². The first-order chi connectivity index (χ1) is 13.5. The van der Waals surface area contributed by atoms with Crippen molar-refractivity contribution in [2.45, 2.75) is 19.3 Å². The third kappa shape index (κ3) is 3.48. The Labute approximate surface area is 160 Å². The molecule has 3 aromatic rings. The van der Waals surface area contributed by atoms with Crippen LogP contribution in [-0.2, 0) is 9.59 Å². The summed E-state index contributed by atoms with van der Waals surface area (Å²) in [6.45, 7) is 1.71. The highest BCUT2D eigenvalue weighted by atomic mass is 19.1. The van der Waals surface area contributed by atoms with Crippen LogP contribution in [-0.4, -0.2) is 28.5 Å². The predicted octanol–water partition coefficient (Wildman–Crippen LogP) is 3.35. The lowest BCUT2D eigenvalue weighted by Crippen LogP contribution is -2.25. The Morgan fingerprint density at radius 2 is 2.07 bits per heavy atom. The zero-order valence-electron chi connectivity index (χ0n) is 15.1. The normalized spacial score (nSPS) is 16.4. The molecule has 2 aromatic carbocycles. The molecule has 1 atom stereocenters. The largest absolute Gasteiger partial charge is 0.334 e. The van der Waals surface area contributed by atoms with Crippen LogP contribution in [0.4, 0.5) is 15.8 Å². The number of carbonyl (C=O) groups is 2. The fraction of sp³-hybridized carbons (Fsp3) is 0.200. The van der Waals surface area contributed by atoms with E-state index in [-0.39, 0.29) is 36.4 Å². The molecular formula is C20H17FN4O3. The molecule has 0 saturated carbocycles. The molecule has 4 rings (SSSR count). The molecular weight excluding hydrogens is 363 g/mol. The van der Waals surface area contributed by atoms with E-state index in [9.17, 15) is 14.0 Å². The third-order valence-electron chi connectivity index (χ3n) is 4.51. The molecule has 0 aliphatic carbocycles. The van der Waals surface area contributed by atoms with E-state index in [1.807, 2.05) is 0 Å². The number of anilines is 2. The summed E-state index contributed by atoms with van der Waals surface area (Å²) in [5.74, 6) is -0.412. The first kappa shape index (κ1) is 17.8. The van der Waals surface area contributed by atoms with E-state index < -0.39 is 5.82 Å². The van der Waals surface area contributed by atoms with Crippen LogP contribution in [0, 0.1) is 5.82 Å². The maximum atomic E-state index is 14.0. The molecule has 142 valence electrons. The van der Waals surface area contributed by atoms with Gasteiger partial charge in [0.1, 0.15) is 5.82 Å². The van der Waals surface area contributed by atoms with Crippen molar-refractivity contribution in [3.05, 3.63) is 60.2 Å². The number of benzene rings is 2. The minimum Gasteiger partial charge on any atom is -0.334 e. The van der Waals surface area contributed by atoms with E-state index in [4.69, 9.17) is 4.52 Å². The molecule has 1 N–H and O–H groups in total. The average molecular weight is 380 g/mol. The Morgan fingerprint density at radius 1 is 1.25 bits per heavy atom. The van der Waals surface area contributed by atoms with Crippen molar-refractivity contribution < 1.29 is 18.5 Å². The summed E-state index contributed by atoms with van der Waals surface area (Å²) in [4.78, 5) is 29.4. The van der Waals surface area contributed by atoms with Crippen molar-refractivity contribution in [3.63, 3.8) is 0 Å². The van der Waals surface area contributed by atoms with Crippen LogP contribution in [0.2, 0.25) is 0 Å². The van der Waals surface area contributed by atoms with Gasteiger partial charge >= 0.3 is 0 Å². The second kappa shape index (κ2) is 7.22. The minimum absolute atomic E-state index is 0.180. The van der Waals surface area contributed by atoms with Crippen molar-refractivity contribution in [1.29, 1.82) is 0 Å². The molecule has 1 aliphatic rings. The summed E-state index contributed by atoms with van der Waals surface area (Å²) in [5, 5.41) is 6.70.